The van der Waals surface area contributed by atoms with Gasteiger partial charge in [-0.1, -0.05) is 12.1 Å². The maximum Gasteiger partial charge on any atom is 0.303 e. The lowest BCUT2D eigenvalue weighted by molar-refractivity contribution is -0.137. The summed E-state index contributed by atoms with van der Waals surface area (Å²) in [5, 5.41) is 10.6. The third-order valence-electron chi connectivity index (χ3n) is 5.04. The number of rotatable bonds is 12. The topological polar surface area (TPSA) is 92.9 Å². The Morgan fingerprint density at radius 1 is 1.16 bits per heavy atom. The molecule has 3 aromatic rings. The molecular weight excluding hydrogens is 428 g/mol. The van der Waals surface area contributed by atoms with Gasteiger partial charge in [0.2, 0.25) is 5.88 Å². The minimum atomic E-state index is -0.776. The van der Waals surface area contributed by atoms with E-state index in [0.29, 0.717) is 31.0 Å². The molecule has 0 saturated heterocycles. The predicted molar refractivity (Wildman–Crippen MR) is 123 cm³/mol. The van der Waals surface area contributed by atoms with E-state index in [0.717, 1.165) is 29.7 Å². The molecule has 1 aromatic carbocycles. The van der Waals surface area contributed by atoms with Gasteiger partial charge in [0.15, 0.2) is 0 Å². The van der Waals surface area contributed by atoms with Crippen molar-refractivity contribution in [2.24, 2.45) is 0 Å². The van der Waals surface area contributed by atoms with Crippen molar-refractivity contribution in [3.05, 3.63) is 59.2 Å². The fraction of sp³-hybridized carbons (Fsp3) is 0.375. The second-order valence-electron chi connectivity index (χ2n) is 7.78. The number of aromatic nitrogens is 1. The molecule has 0 saturated carbocycles. The lowest BCUT2D eigenvalue weighted by Gasteiger charge is -2.27. The SMILES string of the molecule is CC(C)N(Cc1csnc1OCCCCCC(=O)O)C(=O)c1ccc(-c2ccco2)cc1. The molecule has 1 N–H and O–H groups in total. The predicted octanol–water partition coefficient (Wildman–Crippen LogP) is 5.48. The molecule has 32 heavy (non-hydrogen) atoms. The molecule has 0 fully saturated rings. The van der Waals surface area contributed by atoms with Crippen molar-refractivity contribution in [1.82, 2.24) is 9.27 Å². The minimum absolute atomic E-state index is 0.00369. The number of ether oxygens (including phenoxy) is 1. The van der Waals surface area contributed by atoms with Gasteiger partial charge in [0.1, 0.15) is 5.76 Å². The fourth-order valence-corrected chi connectivity index (χ4v) is 3.87. The van der Waals surface area contributed by atoms with Gasteiger partial charge in [-0.15, -0.1) is 0 Å². The highest BCUT2D eigenvalue weighted by atomic mass is 32.1. The molecule has 0 radical (unpaired) electrons. The second kappa shape index (κ2) is 11.5. The molecule has 2 aromatic heterocycles. The van der Waals surface area contributed by atoms with Crippen LogP contribution in [0.5, 0.6) is 5.88 Å². The first-order valence-electron chi connectivity index (χ1n) is 10.7. The molecule has 1 amide bonds. The van der Waals surface area contributed by atoms with Crippen molar-refractivity contribution in [2.75, 3.05) is 6.61 Å². The highest BCUT2D eigenvalue weighted by Crippen LogP contribution is 2.25. The van der Waals surface area contributed by atoms with Crippen LogP contribution in [0.1, 0.15) is 55.5 Å². The van der Waals surface area contributed by atoms with Crippen molar-refractivity contribution in [2.45, 2.75) is 52.1 Å². The van der Waals surface area contributed by atoms with E-state index < -0.39 is 5.97 Å². The van der Waals surface area contributed by atoms with Crippen molar-refractivity contribution >= 4 is 23.4 Å². The number of amides is 1. The molecule has 7 nitrogen and oxygen atoms in total. The van der Waals surface area contributed by atoms with Gasteiger partial charge in [-0.3, -0.25) is 9.59 Å². The Bertz CT molecular complexity index is 996. The molecule has 0 atom stereocenters. The van der Waals surface area contributed by atoms with Crippen molar-refractivity contribution in [1.29, 1.82) is 0 Å². The Morgan fingerprint density at radius 3 is 2.59 bits per heavy atom. The van der Waals surface area contributed by atoms with Crippen molar-refractivity contribution in [3.63, 3.8) is 0 Å². The number of carbonyl (C=O) groups is 2. The molecule has 0 spiro atoms. The summed E-state index contributed by atoms with van der Waals surface area (Å²) in [7, 11) is 0. The van der Waals surface area contributed by atoms with E-state index in [1.54, 1.807) is 11.2 Å². The highest BCUT2D eigenvalue weighted by molar-refractivity contribution is 7.03. The molecule has 3 rings (SSSR count). The Morgan fingerprint density at radius 2 is 1.94 bits per heavy atom. The van der Waals surface area contributed by atoms with Gasteiger partial charge in [-0.2, -0.15) is 4.37 Å². The first kappa shape index (κ1) is 23.5. The summed E-state index contributed by atoms with van der Waals surface area (Å²) < 4.78 is 15.5. The summed E-state index contributed by atoms with van der Waals surface area (Å²) in [6.07, 6.45) is 3.99. The highest BCUT2D eigenvalue weighted by Gasteiger charge is 2.22. The van der Waals surface area contributed by atoms with E-state index in [-0.39, 0.29) is 18.4 Å². The van der Waals surface area contributed by atoms with Crippen LogP contribution in [-0.2, 0) is 11.3 Å². The summed E-state index contributed by atoms with van der Waals surface area (Å²) in [5.41, 5.74) is 2.40. The molecule has 8 heteroatoms. The van der Waals surface area contributed by atoms with Crippen molar-refractivity contribution < 1.29 is 23.8 Å². The van der Waals surface area contributed by atoms with Crippen LogP contribution < -0.4 is 4.74 Å². The summed E-state index contributed by atoms with van der Waals surface area (Å²) in [6, 6.07) is 11.1. The average Bonchev–Trinajstić information content (AvgIpc) is 3.46. The number of unbranched alkanes of at least 4 members (excludes halogenated alkanes) is 2. The summed E-state index contributed by atoms with van der Waals surface area (Å²) >= 11 is 1.30. The van der Waals surface area contributed by atoms with Crippen molar-refractivity contribution in [3.8, 4) is 17.2 Å². The Balaban J connectivity index is 1.60. The number of aliphatic carboxylic acids is 1. The molecule has 0 unspecified atom stereocenters. The van der Waals surface area contributed by atoms with Crippen LogP contribution in [-0.4, -0.2) is 38.9 Å². The van der Waals surface area contributed by atoms with Crippen LogP contribution in [0.15, 0.2) is 52.5 Å². The van der Waals surface area contributed by atoms with Gasteiger partial charge in [-0.25, -0.2) is 0 Å². The summed E-state index contributed by atoms with van der Waals surface area (Å²) in [5.74, 6) is 0.470. The van der Waals surface area contributed by atoms with E-state index in [9.17, 15) is 9.59 Å². The normalized spacial score (nSPS) is 11.0. The van der Waals surface area contributed by atoms with Gasteiger partial charge in [0.25, 0.3) is 5.91 Å². The number of carbonyl (C=O) groups excluding carboxylic acids is 1. The molecule has 0 aliphatic heterocycles. The van der Waals surface area contributed by atoms with E-state index in [1.165, 1.54) is 11.5 Å². The average molecular weight is 457 g/mol. The van der Waals surface area contributed by atoms with Crippen LogP contribution in [0, 0.1) is 0 Å². The van der Waals surface area contributed by atoms with Crippen LogP contribution >= 0.6 is 11.5 Å². The van der Waals surface area contributed by atoms with Gasteiger partial charge in [-0.05, 0) is 68.9 Å². The summed E-state index contributed by atoms with van der Waals surface area (Å²) in [6.45, 7) is 4.84. The summed E-state index contributed by atoms with van der Waals surface area (Å²) in [4.78, 5) is 25.6. The molecule has 2 heterocycles. The number of carboxylic acid groups (broad SMARTS) is 1. The first-order valence-corrected chi connectivity index (χ1v) is 11.5. The molecule has 0 aliphatic rings. The lowest BCUT2D eigenvalue weighted by atomic mass is 10.1. The number of hydrogen-bond donors (Lipinski definition) is 1. The van der Waals surface area contributed by atoms with Gasteiger partial charge in [0, 0.05) is 34.5 Å². The molecule has 0 aliphatic carbocycles. The zero-order valence-electron chi connectivity index (χ0n) is 18.3. The van der Waals surface area contributed by atoms with E-state index in [2.05, 4.69) is 4.37 Å². The largest absolute Gasteiger partial charge is 0.481 e. The number of hydrogen-bond acceptors (Lipinski definition) is 6. The lowest BCUT2D eigenvalue weighted by Crippen LogP contribution is -2.36. The molecule has 0 bridgehead atoms. The number of carboxylic acids is 1. The second-order valence-corrected chi connectivity index (χ2v) is 8.41. The van der Waals surface area contributed by atoms with E-state index in [4.69, 9.17) is 14.3 Å². The Kier molecular flexibility index (Phi) is 8.44. The maximum atomic E-state index is 13.2. The number of benzene rings is 1. The minimum Gasteiger partial charge on any atom is -0.481 e. The quantitative estimate of drug-likeness (QED) is 0.363. The van der Waals surface area contributed by atoms with E-state index >= 15 is 0 Å². The zero-order chi connectivity index (χ0) is 22.9. The first-order chi connectivity index (χ1) is 15.5. The standard InChI is InChI=1S/C24H28N2O5S/c1-17(2)26(24(29)19-11-9-18(10-12-19)21-7-6-14-30-21)15-20-16-32-25-23(20)31-13-5-3-4-8-22(27)28/h6-7,9-12,14,16-17H,3-5,8,13,15H2,1-2H3,(H,27,28). The third kappa shape index (κ3) is 6.43. The number of nitrogens with zero attached hydrogens (tertiary/aromatic N) is 2. The van der Waals surface area contributed by atoms with Crippen LogP contribution in [0.2, 0.25) is 0 Å². The van der Waals surface area contributed by atoms with Gasteiger partial charge >= 0.3 is 5.97 Å². The van der Waals surface area contributed by atoms with Crippen LogP contribution in [0.3, 0.4) is 0 Å². The number of furan rings is 1. The van der Waals surface area contributed by atoms with E-state index in [1.807, 2.05) is 55.6 Å². The van der Waals surface area contributed by atoms with Gasteiger partial charge in [0.05, 0.1) is 19.4 Å². The van der Waals surface area contributed by atoms with Gasteiger partial charge < -0.3 is 19.2 Å². The van der Waals surface area contributed by atoms with Crippen LogP contribution in [0.25, 0.3) is 11.3 Å². The smallest absolute Gasteiger partial charge is 0.303 e. The monoisotopic (exact) mass is 456 g/mol. The fourth-order valence-electron chi connectivity index (χ4n) is 3.25. The Hall–Kier alpha value is -3.13. The maximum absolute atomic E-state index is 13.2. The Labute approximate surface area is 191 Å². The third-order valence-corrected chi connectivity index (χ3v) is 5.70. The molecule has 170 valence electrons. The molecular formula is C24H28N2O5S. The van der Waals surface area contributed by atoms with Crippen LogP contribution in [0.4, 0.5) is 0 Å². The zero-order valence-corrected chi connectivity index (χ0v) is 19.1.